The zero-order valence-electron chi connectivity index (χ0n) is 15.3. The van der Waals surface area contributed by atoms with Crippen molar-refractivity contribution >= 4 is 11.6 Å². The number of allylic oxidation sites excluding steroid dienone is 1. The average Bonchev–Trinajstić information content (AvgIpc) is 2.93. The van der Waals surface area contributed by atoms with Crippen molar-refractivity contribution in [2.45, 2.75) is 32.2 Å². The first-order chi connectivity index (χ1) is 12.7. The van der Waals surface area contributed by atoms with Crippen LogP contribution in [0.3, 0.4) is 0 Å². The van der Waals surface area contributed by atoms with Crippen LogP contribution in [0.2, 0.25) is 0 Å². The van der Waals surface area contributed by atoms with Gasteiger partial charge >= 0.3 is 0 Å². The fourth-order valence-electron chi connectivity index (χ4n) is 3.15. The summed E-state index contributed by atoms with van der Waals surface area (Å²) in [6.07, 6.45) is 5.98. The van der Waals surface area contributed by atoms with Gasteiger partial charge < -0.3 is 18.8 Å². The molecule has 0 bridgehead atoms. The largest absolute Gasteiger partial charge is 0.496 e. The zero-order valence-corrected chi connectivity index (χ0v) is 15.3. The van der Waals surface area contributed by atoms with Gasteiger partial charge in [0.1, 0.15) is 17.6 Å². The van der Waals surface area contributed by atoms with Crippen molar-refractivity contribution in [1.82, 2.24) is 14.8 Å². The molecule has 0 N–H and O–H groups in total. The summed E-state index contributed by atoms with van der Waals surface area (Å²) in [6.45, 7) is 0.833. The third-order valence-corrected chi connectivity index (χ3v) is 4.51. The minimum atomic E-state index is 0.441. The Kier molecular flexibility index (Phi) is 5.42. The van der Waals surface area contributed by atoms with E-state index in [4.69, 9.17) is 14.2 Å². The minimum Gasteiger partial charge on any atom is -0.496 e. The summed E-state index contributed by atoms with van der Waals surface area (Å²) >= 11 is 0. The van der Waals surface area contributed by atoms with Crippen molar-refractivity contribution in [2.75, 3.05) is 21.3 Å². The van der Waals surface area contributed by atoms with Crippen LogP contribution >= 0.6 is 0 Å². The average molecular weight is 354 g/mol. The number of hydrogen-bond acceptors (Lipinski definition) is 6. The second kappa shape index (κ2) is 7.91. The van der Waals surface area contributed by atoms with E-state index in [9.17, 15) is 5.26 Å². The Morgan fingerprint density at radius 3 is 2.46 bits per heavy atom. The van der Waals surface area contributed by atoms with Gasteiger partial charge in [0.25, 0.3) is 0 Å². The lowest BCUT2D eigenvalue weighted by Gasteiger charge is -2.12. The molecule has 0 atom stereocenters. The molecule has 1 aromatic carbocycles. The second-order valence-corrected chi connectivity index (χ2v) is 6.02. The van der Waals surface area contributed by atoms with E-state index in [1.54, 1.807) is 39.5 Å². The van der Waals surface area contributed by atoms with Crippen molar-refractivity contribution in [3.05, 3.63) is 29.3 Å². The molecule has 7 heteroatoms. The number of aryl methyl sites for hydroxylation is 1. The molecule has 7 nitrogen and oxygen atoms in total. The standard InChI is InChI=1S/C19H22N4O3/c1-24-15-11-17(26-3)16(25-2)10-13(15)9-14(12-20)19-22-21-18-7-5-4-6-8-23(18)19/h9-11H,4-8H2,1-3H3. The quantitative estimate of drug-likeness (QED) is 0.768. The van der Waals surface area contributed by atoms with E-state index in [0.29, 0.717) is 34.2 Å². The molecule has 1 aromatic heterocycles. The normalized spacial score (nSPS) is 14.2. The van der Waals surface area contributed by atoms with Crippen LogP contribution in [0.15, 0.2) is 12.1 Å². The van der Waals surface area contributed by atoms with Gasteiger partial charge in [-0.25, -0.2) is 0 Å². The maximum absolute atomic E-state index is 9.73. The second-order valence-electron chi connectivity index (χ2n) is 6.02. The number of rotatable bonds is 5. The molecule has 0 fully saturated rings. The minimum absolute atomic E-state index is 0.441. The molecular weight excluding hydrogens is 332 g/mol. The number of nitriles is 1. The van der Waals surface area contributed by atoms with Crippen molar-refractivity contribution in [3.8, 4) is 23.3 Å². The van der Waals surface area contributed by atoms with Crippen LogP contribution < -0.4 is 14.2 Å². The maximum atomic E-state index is 9.73. The number of benzene rings is 1. The van der Waals surface area contributed by atoms with Gasteiger partial charge in [-0.1, -0.05) is 6.42 Å². The lowest BCUT2D eigenvalue weighted by Crippen LogP contribution is -2.05. The van der Waals surface area contributed by atoms with Crippen molar-refractivity contribution in [2.24, 2.45) is 0 Å². The molecule has 0 saturated carbocycles. The molecule has 136 valence electrons. The smallest absolute Gasteiger partial charge is 0.174 e. The van der Waals surface area contributed by atoms with Crippen molar-refractivity contribution in [1.29, 1.82) is 5.26 Å². The Morgan fingerprint density at radius 1 is 1.04 bits per heavy atom. The molecule has 26 heavy (non-hydrogen) atoms. The van der Waals surface area contributed by atoms with Gasteiger partial charge in [-0.05, 0) is 25.0 Å². The van der Waals surface area contributed by atoms with Gasteiger partial charge in [-0.3, -0.25) is 0 Å². The van der Waals surface area contributed by atoms with Gasteiger partial charge in [0.2, 0.25) is 0 Å². The van der Waals surface area contributed by atoms with Gasteiger partial charge in [0.15, 0.2) is 17.3 Å². The van der Waals surface area contributed by atoms with Gasteiger partial charge in [-0.15, -0.1) is 10.2 Å². The van der Waals surface area contributed by atoms with Gasteiger partial charge in [-0.2, -0.15) is 5.26 Å². The Hall–Kier alpha value is -3.01. The summed E-state index contributed by atoms with van der Waals surface area (Å²) in [5, 5.41) is 18.3. The van der Waals surface area contributed by atoms with Gasteiger partial charge in [0, 0.05) is 24.6 Å². The first-order valence-corrected chi connectivity index (χ1v) is 8.56. The first kappa shape index (κ1) is 17.8. The zero-order chi connectivity index (χ0) is 18.5. The summed E-state index contributed by atoms with van der Waals surface area (Å²) in [7, 11) is 4.72. The maximum Gasteiger partial charge on any atom is 0.174 e. The van der Waals surface area contributed by atoms with Crippen molar-refractivity contribution < 1.29 is 14.2 Å². The molecule has 0 aliphatic carbocycles. The van der Waals surface area contributed by atoms with E-state index < -0.39 is 0 Å². The van der Waals surface area contributed by atoms with Gasteiger partial charge in [0.05, 0.1) is 26.9 Å². The van der Waals surface area contributed by atoms with E-state index in [1.165, 1.54) is 0 Å². The molecule has 0 radical (unpaired) electrons. The third-order valence-electron chi connectivity index (χ3n) is 4.51. The summed E-state index contributed by atoms with van der Waals surface area (Å²) in [4.78, 5) is 0. The highest BCUT2D eigenvalue weighted by Crippen LogP contribution is 2.36. The Bertz CT molecular complexity index is 864. The highest BCUT2D eigenvalue weighted by Gasteiger charge is 2.19. The predicted octanol–water partition coefficient (Wildman–Crippen LogP) is 3.09. The Labute approximate surface area is 152 Å². The fraction of sp³-hybridized carbons (Fsp3) is 0.421. The number of aromatic nitrogens is 3. The SMILES string of the molecule is COc1cc(OC)c(OC)cc1C=C(C#N)c1nnc2n1CCCCC2. The molecule has 1 aliphatic rings. The van der Waals surface area contributed by atoms with Crippen LogP contribution in [0.5, 0.6) is 17.2 Å². The molecule has 3 rings (SSSR count). The number of nitrogens with zero attached hydrogens (tertiary/aromatic N) is 4. The van der Waals surface area contributed by atoms with Crippen molar-refractivity contribution in [3.63, 3.8) is 0 Å². The number of fused-ring (bicyclic) bond motifs is 1. The summed E-state index contributed by atoms with van der Waals surface area (Å²) in [5.74, 6) is 3.26. The topological polar surface area (TPSA) is 82.2 Å². The first-order valence-electron chi connectivity index (χ1n) is 8.56. The highest BCUT2D eigenvalue weighted by molar-refractivity contribution is 5.89. The Morgan fingerprint density at radius 2 is 1.77 bits per heavy atom. The number of ether oxygens (including phenoxy) is 3. The molecule has 0 saturated heterocycles. The lowest BCUT2D eigenvalue weighted by atomic mass is 10.1. The molecule has 2 heterocycles. The molecule has 2 aromatic rings. The highest BCUT2D eigenvalue weighted by atomic mass is 16.5. The number of methoxy groups -OCH3 is 3. The molecule has 0 unspecified atom stereocenters. The van der Waals surface area contributed by atoms with E-state index in [1.807, 2.05) is 0 Å². The van der Waals surface area contributed by atoms with Crippen LogP contribution in [0.25, 0.3) is 11.6 Å². The summed E-state index contributed by atoms with van der Waals surface area (Å²) < 4.78 is 18.2. The molecule has 0 spiro atoms. The predicted molar refractivity (Wildman–Crippen MR) is 97.2 cm³/mol. The summed E-state index contributed by atoms with van der Waals surface area (Å²) in [6, 6.07) is 5.78. The lowest BCUT2D eigenvalue weighted by molar-refractivity contribution is 0.348. The van der Waals surface area contributed by atoms with E-state index in [0.717, 1.165) is 38.1 Å². The summed E-state index contributed by atoms with van der Waals surface area (Å²) in [5.41, 5.74) is 1.16. The third kappa shape index (κ3) is 3.36. The van der Waals surface area contributed by atoms with Crippen LogP contribution in [0.1, 0.15) is 36.5 Å². The van der Waals surface area contributed by atoms with E-state index >= 15 is 0 Å². The fourth-order valence-corrected chi connectivity index (χ4v) is 3.15. The van der Waals surface area contributed by atoms with Crippen LogP contribution in [-0.2, 0) is 13.0 Å². The van der Waals surface area contributed by atoms with Crippen LogP contribution in [0.4, 0.5) is 0 Å². The van der Waals surface area contributed by atoms with Crippen LogP contribution in [0, 0.1) is 11.3 Å². The molecule has 0 amide bonds. The van der Waals surface area contributed by atoms with Crippen LogP contribution in [-0.4, -0.2) is 36.1 Å². The monoisotopic (exact) mass is 354 g/mol. The Balaban J connectivity index is 2.08. The molecular formula is C19H22N4O3. The van der Waals surface area contributed by atoms with E-state index in [-0.39, 0.29) is 0 Å². The molecule has 1 aliphatic heterocycles. The number of hydrogen-bond donors (Lipinski definition) is 0. The van der Waals surface area contributed by atoms with E-state index in [2.05, 4.69) is 20.8 Å².